The lowest BCUT2D eigenvalue weighted by molar-refractivity contribution is -0.384. The third-order valence-corrected chi connectivity index (χ3v) is 4.05. The number of aliphatic carboxylic acids is 1. The van der Waals surface area contributed by atoms with Gasteiger partial charge in [0, 0.05) is 24.1 Å². The van der Waals surface area contributed by atoms with Crippen LogP contribution in [0.5, 0.6) is 0 Å². The minimum atomic E-state index is -0.855. The summed E-state index contributed by atoms with van der Waals surface area (Å²) in [7, 11) is 0. The highest BCUT2D eigenvalue weighted by atomic mass is 16.6. The van der Waals surface area contributed by atoms with Crippen LogP contribution in [0.4, 0.5) is 5.69 Å². The summed E-state index contributed by atoms with van der Waals surface area (Å²) in [6.07, 6.45) is 3.26. The van der Waals surface area contributed by atoms with E-state index in [1.54, 1.807) is 0 Å². The molecule has 1 aliphatic rings. The second kappa shape index (κ2) is 6.47. The summed E-state index contributed by atoms with van der Waals surface area (Å²) in [5, 5.41) is 19.9. The van der Waals surface area contributed by atoms with Crippen LogP contribution in [0.15, 0.2) is 24.3 Å². The number of hydrogen-bond acceptors (Lipinski definition) is 4. The molecule has 2 atom stereocenters. The molecule has 0 unspecified atom stereocenters. The molecule has 0 bridgehead atoms. The monoisotopic (exact) mass is 291 g/mol. The van der Waals surface area contributed by atoms with Gasteiger partial charge in [0.2, 0.25) is 0 Å². The Kier molecular flexibility index (Phi) is 4.67. The summed E-state index contributed by atoms with van der Waals surface area (Å²) in [5.41, 5.74) is 0.151. The SMILES string of the molecule is O=C(C[C@H]1CCCC[C@H]1C(=O)O)c1cccc([N+](=O)[O-])c1. The average molecular weight is 291 g/mol. The largest absolute Gasteiger partial charge is 0.481 e. The maximum absolute atomic E-state index is 12.2. The third-order valence-electron chi connectivity index (χ3n) is 4.05. The van der Waals surface area contributed by atoms with Gasteiger partial charge in [-0.25, -0.2) is 0 Å². The molecule has 21 heavy (non-hydrogen) atoms. The van der Waals surface area contributed by atoms with E-state index in [4.69, 9.17) is 0 Å². The second-order valence-corrected chi connectivity index (χ2v) is 5.42. The van der Waals surface area contributed by atoms with E-state index in [1.165, 1.54) is 24.3 Å². The molecule has 0 saturated heterocycles. The number of rotatable bonds is 5. The number of benzene rings is 1. The standard InChI is InChI=1S/C15H17NO5/c17-14(11-5-3-6-12(8-11)16(20)21)9-10-4-1-2-7-13(10)15(18)19/h3,5-6,8,10,13H,1-2,4,7,9H2,(H,18,19)/t10-,13-/m1/s1. The topological polar surface area (TPSA) is 97.5 Å². The van der Waals surface area contributed by atoms with E-state index in [-0.39, 0.29) is 29.4 Å². The lowest BCUT2D eigenvalue weighted by atomic mass is 9.76. The maximum Gasteiger partial charge on any atom is 0.306 e. The Morgan fingerprint density at radius 2 is 2.00 bits per heavy atom. The molecule has 0 amide bonds. The number of non-ortho nitro benzene ring substituents is 1. The average Bonchev–Trinajstić information content (AvgIpc) is 2.47. The number of carbonyl (C=O) groups is 2. The Bertz CT molecular complexity index is 569. The summed E-state index contributed by atoms with van der Waals surface area (Å²) in [4.78, 5) is 33.6. The van der Waals surface area contributed by atoms with Crippen LogP contribution in [0.1, 0.15) is 42.5 Å². The second-order valence-electron chi connectivity index (χ2n) is 5.42. The van der Waals surface area contributed by atoms with Crippen LogP contribution < -0.4 is 0 Å². The van der Waals surface area contributed by atoms with E-state index in [2.05, 4.69) is 0 Å². The molecule has 1 saturated carbocycles. The van der Waals surface area contributed by atoms with Crippen LogP contribution in [0.2, 0.25) is 0 Å². The summed E-state index contributed by atoms with van der Waals surface area (Å²) >= 11 is 0. The fourth-order valence-electron chi connectivity index (χ4n) is 2.93. The highest BCUT2D eigenvalue weighted by molar-refractivity contribution is 5.97. The molecule has 112 valence electrons. The molecule has 1 N–H and O–H groups in total. The Morgan fingerprint density at radius 1 is 1.29 bits per heavy atom. The van der Waals surface area contributed by atoms with Crippen LogP contribution in [-0.2, 0) is 4.79 Å². The molecular weight excluding hydrogens is 274 g/mol. The van der Waals surface area contributed by atoms with Gasteiger partial charge in [0.1, 0.15) is 0 Å². The first-order valence-electron chi connectivity index (χ1n) is 6.99. The van der Waals surface area contributed by atoms with Crippen molar-refractivity contribution >= 4 is 17.4 Å². The van der Waals surface area contributed by atoms with E-state index < -0.39 is 16.8 Å². The lowest BCUT2D eigenvalue weighted by Gasteiger charge is -2.27. The molecule has 1 fully saturated rings. The first-order valence-corrected chi connectivity index (χ1v) is 6.99. The minimum absolute atomic E-state index is 0.126. The van der Waals surface area contributed by atoms with Crippen molar-refractivity contribution in [2.75, 3.05) is 0 Å². The number of ketones is 1. The van der Waals surface area contributed by atoms with Gasteiger partial charge in [-0.2, -0.15) is 0 Å². The van der Waals surface area contributed by atoms with Crippen molar-refractivity contribution in [3.8, 4) is 0 Å². The normalized spacial score (nSPS) is 21.7. The molecule has 0 radical (unpaired) electrons. The molecule has 0 aromatic heterocycles. The Balaban J connectivity index is 2.11. The molecule has 6 heteroatoms. The first-order chi connectivity index (χ1) is 9.99. The van der Waals surface area contributed by atoms with Gasteiger partial charge in [0.15, 0.2) is 5.78 Å². The van der Waals surface area contributed by atoms with Gasteiger partial charge < -0.3 is 5.11 Å². The van der Waals surface area contributed by atoms with Crippen molar-refractivity contribution in [3.05, 3.63) is 39.9 Å². The lowest BCUT2D eigenvalue weighted by Crippen LogP contribution is -2.28. The highest BCUT2D eigenvalue weighted by Crippen LogP contribution is 2.33. The number of Topliss-reactive ketones (excluding diaryl/α,β-unsaturated/α-hetero) is 1. The van der Waals surface area contributed by atoms with Gasteiger partial charge in [0.25, 0.3) is 5.69 Å². The number of carboxylic acids is 1. The fraction of sp³-hybridized carbons (Fsp3) is 0.467. The van der Waals surface area contributed by atoms with E-state index in [9.17, 15) is 24.8 Å². The summed E-state index contributed by atoms with van der Waals surface area (Å²) in [6, 6.07) is 5.59. The molecule has 0 aliphatic heterocycles. The zero-order valence-electron chi connectivity index (χ0n) is 11.5. The fourth-order valence-corrected chi connectivity index (χ4v) is 2.93. The maximum atomic E-state index is 12.2. The molecule has 2 rings (SSSR count). The molecule has 0 spiro atoms. The number of nitro benzene ring substituents is 1. The predicted octanol–water partition coefficient (Wildman–Crippen LogP) is 3.06. The molecule has 1 aromatic rings. The Hall–Kier alpha value is -2.24. The number of nitrogens with zero attached hydrogens (tertiary/aromatic N) is 1. The van der Waals surface area contributed by atoms with Crippen molar-refractivity contribution < 1.29 is 19.6 Å². The Morgan fingerprint density at radius 3 is 2.67 bits per heavy atom. The minimum Gasteiger partial charge on any atom is -0.481 e. The highest BCUT2D eigenvalue weighted by Gasteiger charge is 2.32. The van der Waals surface area contributed by atoms with E-state index in [0.29, 0.717) is 6.42 Å². The van der Waals surface area contributed by atoms with E-state index in [0.717, 1.165) is 19.3 Å². The molecule has 1 aromatic carbocycles. The predicted molar refractivity (Wildman–Crippen MR) is 75.1 cm³/mol. The quantitative estimate of drug-likeness (QED) is 0.510. The van der Waals surface area contributed by atoms with Crippen LogP contribution >= 0.6 is 0 Å². The van der Waals surface area contributed by atoms with Crippen molar-refractivity contribution in [2.45, 2.75) is 32.1 Å². The summed E-state index contributed by atoms with van der Waals surface area (Å²) in [5.74, 6) is -1.74. The van der Waals surface area contributed by atoms with Crippen molar-refractivity contribution in [1.29, 1.82) is 0 Å². The van der Waals surface area contributed by atoms with Gasteiger partial charge in [0.05, 0.1) is 10.8 Å². The van der Waals surface area contributed by atoms with Crippen molar-refractivity contribution in [1.82, 2.24) is 0 Å². The number of carboxylic acid groups (broad SMARTS) is 1. The summed E-state index contributed by atoms with van der Waals surface area (Å²) in [6.45, 7) is 0. The number of nitro groups is 1. The third kappa shape index (κ3) is 3.65. The van der Waals surface area contributed by atoms with Crippen molar-refractivity contribution in [3.63, 3.8) is 0 Å². The smallest absolute Gasteiger partial charge is 0.306 e. The van der Waals surface area contributed by atoms with Gasteiger partial charge >= 0.3 is 5.97 Å². The number of hydrogen-bond donors (Lipinski definition) is 1. The Labute approximate surface area is 121 Å². The molecule has 1 aliphatic carbocycles. The van der Waals surface area contributed by atoms with Gasteiger partial charge in [-0.05, 0) is 18.8 Å². The molecular formula is C15H17NO5. The van der Waals surface area contributed by atoms with E-state index >= 15 is 0 Å². The number of carbonyl (C=O) groups excluding carboxylic acids is 1. The van der Waals surface area contributed by atoms with Crippen LogP contribution in [0.3, 0.4) is 0 Å². The zero-order chi connectivity index (χ0) is 15.4. The van der Waals surface area contributed by atoms with Gasteiger partial charge in [-0.1, -0.05) is 25.0 Å². The first kappa shape index (κ1) is 15.2. The van der Waals surface area contributed by atoms with Crippen LogP contribution in [-0.4, -0.2) is 21.8 Å². The van der Waals surface area contributed by atoms with Crippen molar-refractivity contribution in [2.24, 2.45) is 11.8 Å². The van der Waals surface area contributed by atoms with Gasteiger partial charge in [-0.15, -0.1) is 0 Å². The zero-order valence-corrected chi connectivity index (χ0v) is 11.5. The van der Waals surface area contributed by atoms with E-state index in [1.807, 2.05) is 0 Å². The molecule has 6 nitrogen and oxygen atoms in total. The van der Waals surface area contributed by atoms with Crippen LogP contribution in [0, 0.1) is 22.0 Å². The summed E-state index contributed by atoms with van der Waals surface area (Å²) < 4.78 is 0. The van der Waals surface area contributed by atoms with Crippen LogP contribution in [0.25, 0.3) is 0 Å². The van der Waals surface area contributed by atoms with Gasteiger partial charge in [-0.3, -0.25) is 19.7 Å². The molecule has 0 heterocycles.